The highest BCUT2D eigenvalue weighted by molar-refractivity contribution is 5.77. The van der Waals surface area contributed by atoms with E-state index in [1.165, 1.54) is 0 Å². The van der Waals surface area contributed by atoms with Crippen LogP contribution in [-0.2, 0) is 4.79 Å². The number of hydrogen-bond acceptors (Lipinski definition) is 2. The fraction of sp³-hybridized carbons (Fsp3) is 0.938. The van der Waals surface area contributed by atoms with Gasteiger partial charge in [-0.2, -0.15) is 0 Å². The zero-order valence-electron chi connectivity index (χ0n) is 12.5. The lowest BCUT2D eigenvalue weighted by Gasteiger charge is -2.69. The summed E-state index contributed by atoms with van der Waals surface area (Å²) in [5.41, 5.74) is 0. The number of rotatable bonds is 0. The zero-order valence-corrected chi connectivity index (χ0v) is 12.5. The second kappa shape index (κ2) is 4.44. The predicted molar refractivity (Wildman–Crippen MR) is 76.3 cm³/mol. The highest BCUT2D eigenvalue weighted by atomic mass is 16.6. The van der Waals surface area contributed by atoms with Crippen LogP contribution in [0.2, 0.25) is 0 Å². The third-order valence-electron chi connectivity index (χ3n) is 6.43. The molecule has 4 fully saturated rings. The number of amides is 1. The Morgan fingerprint density at radius 1 is 1.10 bits per heavy atom. The Balaban J connectivity index is 1.73. The summed E-state index contributed by atoms with van der Waals surface area (Å²) in [6.45, 7) is 2.31. The second-order valence-corrected chi connectivity index (χ2v) is 7.64. The summed E-state index contributed by atoms with van der Waals surface area (Å²) in [5, 5.41) is 13.7. The first-order valence-corrected chi connectivity index (χ1v) is 8.51. The molecule has 0 aromatic carbocycles. The molecule has 4 aliphatic rings. The Bertz CT molecular complexity index is 427. The molecular weight excluding hydrogens is 252 g/mol. The lowest BCUT2D eigenvalue weighted by atomic mass is 9.75. The minimum absolute atomic E-state index is 0.0351. The minimum atomic E-state index is -0.0437. The van der Waals surface area contributed by atoms with Crippen LogP contribution < -0.4 is 0 Å². The van der Waals surface area contributed by atoms with Crippen molar-refractivity contribution in [3.05, 3.63) is 5.21 Å². The summed E-state index contributed by atoms with van der Waals surface area (Å²) in [6.07, 6.45) is 9.03. The maximum Gasteiger partial charge on any atom is 0.227 e. The number of carbonyl (C=O) groups excluding carboxylic acids is 1. The number of nitrogens with zero attached hydrogens (tertiary/aromatic N) is 2. The summed E-state index contributed by atoms with van der Waals surface area (Å²) in [4.78, 5) is 14.4. The maximum atomic E-state index is 13.7. The average molecular weight is 278 g/mol. The van der Waals surface area contributed by atoms with Gasteiger partial charge in [-0.05, 0) is 25.2 Å². The van der Waals surface area contributed by atoms with Gasteiger partial charge in [0, 0.05) is 44.6 Å². The van der Waals surface area contributed by atoms with Crippen molar-refractivity contribution in [1.29, 1.82) is 0 Å². The maximum absolute atomic E-state index is 13.7. The normalized spacial score (nSPS) is 51.4. The van der Waals surface area contributed by atoms with Crippen LogP contribution in [0.25, 0.3) is 0 Å². The summed E-state index contributed by atoms with van der Waals surface area (Å²) in [6, 6.07) is 0.898. The van der Waals surface area contributed by atoms with Crippen LogP contribution in [0.15, 0.2) is 0 Å². The highest BCUT2D eigenvalue weighted by Gasteiger charge is 2.57. The topological polar surface area (TPSA) is 43.4 Å². The van der Waals surface area contributed by atoms with E-state index in [1.54, 1.807) is 0 Å². The van der Waals surface area contributed by atoms with Crippen molar-refractivity contribution in [2.75, 3.05) is 0 Å². The molecule has 0 bridgehead atoms. The highest BCUT2D eigenvalue weighted by Crippen LogP contribution is 2.50. The van der Waals surface area contributed by atoms with E-state index in [-0.39, 0.29) is 28.8 Å². The number of carbonyl (C=O) groups is 1. The van der Waals surface area contributed by atoms with Gasteiger partial charge < -0.3 is 9.85 Å². The fourth-order valence-corrected chi connectivity index (χ4v) is 5.71. The van der Waals surface area contributed by atoms with Crippen LogP contribution in [0.4, 0.5) is 0 Å². The molecule has 0 aromatic heterocycles. The van der Waals surface area contributed by atoms with Crippen molar-refractivity contribution in [3.8, 4) is 0 Å². The largest absolute Gasteiger partial charge is 0.631 e. The van der Waals surface area contributed by atoms with Gasteiger partial charge in [0.05, 0.1) is 12.1 Å². The van der Waals surface area contributed by atoms with E-state index in [0.717, 1.165) is 51.4 Å². The molecule has 0 radical (unpaired) electrons. The molecular formula is C16H26N2O2. The van der Waals surface area contributed by atoms with Gasteiger partial charge in [0.25, 0.3) is 0 Å². The van der Waals surface area contributed by atoms with Crippen molar-refractivity contribution >= 4 is 5.91 Å². The first-order valence-electron chi connectivity index (χ1n) is 8.51. The van der Waals surface area contributed by atoms with Crippen LogP contribution >= 0.6 is 0 Å². The molecule has 0 aromatic rings. The summed E-state index contributed by atoms with van der Waals surface area (Å²) in [5.74, 6) is 0.951. The molecule has 0 aliphatic carbocycles. The Labute approximate surface area is 121 Å². The molecule has 1 unspecified atom stereocenters. The lowest BCUT2D eigenvalue weighted by Crippen LogP contribution is -2.77. The molecule has 20 heavy (non-hydrogen) atoms. The Morgan fingerprint density at radius 2 is 1.90 bits per heavy atom. The molecule has 1 amide bonds. The third-order valence-corrected chi connectivity index (χ3v) is 6.43. The van der Waals surface area contributed by atoms with E-state index in [1.807, 2.05) is 0 Å². The summed E-state index contributed by atoms with van der Waals surface area (Å²) in [7, 11) is 0. The average Bonchev–Trinajstić information content (AvgIpc) is 2.40. The van der Waals surface area contributed by atoms with Crippen molar-refractivity contribution in [1.82, 2.24) is 4.90 Å². The van der Waals surface area contributed by atoms with E-state index < -0.39 is 0 Å². The number of hydrogen-bond donors (Lipinski definition) is 0. The van der Waals surface area contributed by atoms with E-state index in [0.29, 0.717) is 18.4 Å². The Hall–Kier alpha value is -0.610. The number of piperidine rings is 3. The quantitative estimate of drug-likeness (QED) is 0.505. The SMILES string of the molecule is C[C@@H]1C[C@@H]2C[C@@H]3CCCC(=O)N3[C@H]3CCC[C@@H](C1)[N+]23[O-]. The van der Waals surface area contributed by atoms with Crippen molar-refractivity contribution < 1.29 is 9.44 Å². The lowest BCUT2D eigenvalue weighted by molar-refractivity contribution is -0.979. The second-order valence-electron chi connectivity index (χ2n) is 7.64. The molecule has 0 saturated carbocycles. The smallest absolute Gasteiger partial charge is 0.227 e. The molecule has 4 aliphatic heterocycles. The van der Waals surface area contributed by atoms with Gasteiger partial charge in [-0.15, -0.1) is 0 Å². The van der Waals surface area contributed by atoms with E-state index in [4.69, 9.17) is 0 Å². The van der Waals surface area contributed by atoms with Gasteiger partial charge in [0.15, 0.2) is 6.17 Å². The number of quaternary nitrogens is 1. The molecule has 0 N–H and O–H groups in total. The van der Waals surface area contributed by atoms with Gasteiger partial charge in [-0.1, -0.05) is 6.92 Å². The molecule has 4 heterocycles. The van der Waals surface area contributed by atoms with Crippen LogP contribution in [0.5, 0.6) is 0 Å². The van der Waals surface area contributed by atoms with Gasteiger partial charge in [-0.3, -0.25) is 9.69 Å². The Kier molecular flexibility index (Phi) is 2.90. The predicted octanol–water partition coefficient (Wildman–Crippen LogP) is 2.76. The van der Waals surface area contributed by atoms with Gasteiger partial charge in [-0.25, -0.2) is 0 Å². The first kappa shape index (κ1) is 13.1. The van der Waals surface area contributed by atoms with E-state index in [9.17, 15) is 10.0 Å². The van der Waals surface area contributed by atoms with Crippen LogP contribution in [-0.4, -0.2) is 39.7 Å². The monoisotopic (exact) mass is 278 g/mol. The van der Waals surface area contributed by atoms with Crippen LogP contribution in [0, 0.1) is 11.1 Å². The Morgan fingerprint density at radius 3 is 2.75 bits per heavy atom. The van der Waals surface area contributed by atoms with Crippen molar-refractivity contribution in [2.24, 2.45) is 5.92 Å². The van der Waals surface area contributed by atoms with E-state index in [2.05, 4.69) is 11.8 Å². The molecule has 0 spiro atoms. The molecule has 4 saturated heterocycles. The summed E-state index contributed by atoms with van der Waals surface area (Å²) >= 11 is 0. The van der Waals surface area contributed by atoms with Gasteiger partial charge in [0.1, 0.15) is 0 Å². The molecule has 4 nitrogen and oxygen atoms in total. The molecule has 4 rings (SSSR count). The van der Waals surface area contributed by atoms with Crippen molar-refractivity contribution in [3.63, 3.8) is 0 Å². The zero-order chi connectivity index (χ0) is 13.9. The van der Waals surface area contributed by atoms with Crippen LogP contribution in [0.1, 0.15) is 64.7 Å². The third kappa shape index (κ3) is 1.64. The fourth-order valence-electron chi connectivity index (χ4n) is 5.71. The summed E-state index contributed by atoms with van der Waals surface area (Å²) < 4.78 is -0.0351. The minimum Gasteiger partial charge on any atom is -0.631 e. The van der Waals surface area contributed by atoms with Gasteiger partial charge in [0.2, 0.25) is 5.91 Å². The first-order chi connectivity index (χ1) is 9.60. The number of hydroxylamine groups is 3. The molecule has 6 atom stereocenters. The van der Waals surface area contributed by atoms with Crippen molar-refractivity contribution in [2.45, 2.75) is 89.0 Å². The standard InChI is InChI=1S/C16H26N2O2/c1-11-8-13-5-3-6-15-17-12(4-2-7-16(17)19)10-14(9-11)18(13,15)20/h11-15H,2-10H2,1H3/t11-,12-,13-,14+,15+,18?/m0/s1. The molecule has 4 heteroatoms. The van der Waals surface area contributed by atoms with E-state index >= 15 is 0 Å². The van der Waals surface area contributed by atoms with Gasteiger partial charge >= 0.3 is 0 Å². The molecule has 112 valence electrons. The van der Waals surface area contributed by atoms with Crippen LogP contribution in [0.3, 0.4) is 0 Å². The number of fused-ring (bicyclic) bond motifs is 2.